The van der Waals surface area contributed by atoms with Crippen molar-refractivity contribution in [2.45, 2.75) is 24.8 Å². The highest BCUT2D eigenvalue weighted by Crippen LogP contribution is 2.39. The molecule has 106 valence electrons. The van der Waals surface area contributed by atoms with Crippen LogP contribution < -0.4 is 5.32 Å². The normalized spacial score (nSPS) is 20.4. The van der Waals surface area contributed by atoms with Crippen LogP contribution in [0.5, 0.6) is 0 Å². The molecule has 1 saturated carbocycles. The number of hydrogen-bond acceptors (Lipinski definition) is 2. The van der Waals surface area contributed by atoms with E-state index in [4.69, 9.17) is 16.9 Å². The number of nitrogens with zero attached hydrogens (tertiary/aromatic N) is 1. The van der Waals surface area contributed by atoms with E-state index in [0.29, 0.717) is 22.5 Å². The molecular weight excluding hydrogens is 348 g/mol. The fourth-order valence-corrected chi connectivity index (χ4v) is 3.13. The van der Waals surface area contributed by atoms with Crippen LogP contribution in [0.25, 0.3) is 0 Å². The topological polar surface area (TPSA) is 35.8 Å². The highest BCUT2D eigenvalue weighted by molar-refractivity contribution is 9.10. The maximum absolute atomic E-state index is 9.13. The van der Waals surface area contributed by atoms with Crippen molar-refractivity contribution in [2.24, 2.45) is 0 Å². The molecule has 1 aliphatic carbocycles. The van der Waals surface area contributed by atoms with E-state index in [2.05, 4.69) is 51.6 Å². The molecule has 0 spiro atoms. The van der Waals surface area contributed by atoms with Crippen LogP contribution in [-0.4, -0.2) is 6.04 Å². The number of anilines is 1. The zero-order chi connectivity index (χ0) is 14.8. The first-order valence-corrected chi connectivity index (χ1v) is 8.04. The summed E-state index contributed by atoms with van der Waals surface area (Å²) in [4.78, 5) is 0. The fourth-order valence-electron chi connectivity index (χ4n) is 2.70. The molecular formula is C17H14BrClN2. The van der Waals surface area contributed by atoms with Gasteiger partial charge in [0.1, 0.15) is 6.07 Å². The molecule has 0 unspecified atom stereocenters. The van der Waals surface area contributed by atoms with Crippen molar-refractivity contribution in [1.29, 1.82) is 5.26 Å². The Balaban J connectivity index is 1.64. The van der Waals surface area contributed by atoms with Crippen molar-refractivity contribution < 1.29 is 0 Å². The van der Waals surface area contributed by atoms with E-state index in [1.54, 1.807) is 12.1 Å². The Hall–Kier alpha value is -1.50. The van der Waals surface area contributed by atoms with Gasteiger partial charge in [0.25, 0.3) is 0 Å². The summed E-state index contributed by atoms with van der Waals surface area (Å²) in [5.74, 6) is 0.598. The Kier molecular flexibility index (Phi) is 4.19. The molecule has 1 fully saturated rings. The van der Waals surface area contributed by atoms with Gasteiger partial charge in [0.05, 0.1) is 11.3 Å². The van der Waals surface area contributed by atoms with Crippen LogP contribution in [-0.2, 0) is 0 Å². The first-order valence-electron chi connectivity index (χ1n) is 6.87. The van der Waals surface area contributed by atoms with Crippen LogP contribution in [0, 0.1) is 11.3 Å². The van der Waals surface area contributed by atoms with Gasteiger partial charge in [-0.2, -0.15) is 5.26 Å². The lowest BCUT2D eigenvalue weighted by atomic mass is 9.76. The van der Waals surface area contributed by atoms with Gasteiger partial charge in [-0.15, -0.1) is 0 Å². The molecule has 0 amide bonds. The maximum atomic E-state index is 9.13. The summed E-state index contributed by atoms with van der Waals surface area (Å²) in [5, 5.41) is 13.2. The van der Waals surface area contributed by atoms with Crippen LogP contribution in [0.2, 0.25) is 5.02 Å². The highest BCUT2D eigenvalue weighted by atomic mass is 79.9. The lowest BCUT2D eigenvalue weighted by Gasteiger charge is -2.37. The number of rotatable bonds is 3. The van der Waals surface area contributed by atoms with Gasteiger partial charge in [0.2, 0.25) is 0 Å². The third-order valence-electron chi connectivity index (χ3n) is 3.94. The number of nitrogens with one attached hydrogen (secondary N) is 1. The number of hydrogen-bond donors (Lipinski definition) is 1. The third kappa shape index (κ3) is 3.23. The second-order valence-electron chi connectivity index (χ2n) is 5.36. The lowest BCUT2D eigenvalue weighted by Crippen LogP contribution is -2.34. The van der Waals surface area contributed by atoms with Gasteiger partial charge in [-0.3, -0.25) is 0 Å². The monoisotopic (exact) mass is 360 g/mol. The van der Waals surface area contributed by atoms with E-state index in [1.165, 1.54) is 5.56 Å². The van der Waals surface area contributed by atoms with Gasteiger partial charge in [-0.1, -0.05) is 39.7 Å². The Morgan fingerprint density at radius 1 is 1.14 bits per heavy atom. The van der Waals surface area contributed by atoms with Crippen LogP contribution in [0.15, 0.2) is 46.9 Å². The van der Waals surface area contributed by atoms with Crippen molar-refractivity contribution in [3.05, 3.63) is 63.1 Å². The molecule has 2 aromatic rings. The molecule has 0 radical (unpaired) electrons. The summed E-state index contributed by atoms with van der Waals surface area (Å²) in [6.45, 7) is 0. The maximum Gasteiger partial charge on any atom is 0.101 e. The number of halogens is 2. The molecule has 1 aliphatic rings. The van der Waals surface area contributed by atoms with E-state index in [-0.39, 0.29) is 0 Å². The van der Waals surface area contributed by atoms with Gasteiger partial charge >= 0.3 is 0 Å². The smallest absolute Gasteiger partial charge is 0.101 e. The van der Waals surface area contributed by atoms with Crippen molar-refractivity contribution in [3.63, 3.8) is 0 Å². The zero-order valence-electron chi connectivity index (χ0n) is 11.3. The molecule has 1 N–H and O–H groups in total. The Morgan fingerprint density at radius 2 is 1.86 bits per heavy atom. The third-order valence-corrected chi connectivity index (χ3v) is 4.70. The summed E-state index contributed by atoms with van der Waals surface area (Å²) >= 11 is 9.46. The quantitative estimate of drug-likeness (QED) is 0.801. The molecule has 0 bridgehead atoms. The predicted octanol–water partition coefficient (Wildman–Crippen LogP) is 5.33. The molecule has 0 saturated heterocycles. The van der Waals surface area contributed by atoms with E-state index >= 15 is 0 Å². The fraction of sp³-hybridized carbons (Fsp3) is 0.235. The first kappa shape index (κ1) is 14.4. The molecule has 0 aliphatic heterocycles. The largest absolute Gasteiger partial charge is 0.381 e. The molecule has 2 nitrogen and oxygen atoms in total. The number of nitriles is 1. The van der Waals surface area contributed by atoms with Crippen LogP contribution in [0.1, 0.15) is 29.9 Å². The molecule has 2 aromatic carbocycles. The zero-order valence-corrected chi connectivity index (χ0v) is 13.7. The van der Waals surface area contributed by atoms with Gasteiger partial charge < -0.3 is 5.32 Å². The molecule has 21 heavy (non-hydrogen) atoms. The first-order chi connectivity index (χ1) is 10.2. The molecule has 0 aromatic heterocycles. The van der Waals surface area contributed by atoms with Crippen LogP contribution >= 0.6 is 27.5 Å². The Bertz CT molecular complexity index is 685. The SMILES string of the molecule is N#Cc1ccc(Cl)cc1NC1CC(c2ccc(Br)cc2)C1. The molecule has 0 heterocycles. The van der Waals surface area contributed by atoms with Gasteiger partial charge in [0, 0.05) is 15.5 Å². The van der Waals surface area contributed by atoms with E-state index < -0.39 is 0 Å². The summed E-state index contributed by atoms with van der Waals surface area (Å²) < 4.78 is 1.11. The Morgan fingerprint density at radius 3 is 2.52 bits per heavy atom. The second-order valence-corrected chi connectivity index (χ2v) is 6.71. The van der Waals surface area contributed by atoms with Crippen LogP contribution in [0.4, 0.5) is 5.69 Å². The minimum atomic E-state index is 0.407. The van der Waals surface area contributed by atoms with Crippen molar-refractivity contribution in [1.82, 2.24) is 0 Å². The molecule has 3 rings (SSSR count). The van der Waals surface area contributed by atoms with Crippen molar-refractivity contribution >= 4 is 33.2 Å². The molecule has 0 atom stereocenters. The second kappa shape index (κ2) is 6.09. The van der Waals surface area contributed by atoms with Crippen molar-refractivity contribution in [3.8, 4) is 6.07 Å². The van der Waals surface area contributed by atoms with Gasteiger partial charge in [-0.25, -0.2) is 0 Å². The average Bonchev–Trinajstić information content (AvgIpc) is 2.44. The summed E-state index contributed by atoms with van der Waals surface area (Å²) in [5.41, 5.74) is 2.86. The average molecular weight is 362 g/mol. The van der Waals surface area contributed by atoms with E-state index in [9.17, 15) is 0 Å². The minimum Gasteiger partial charge on any atom is -0.381 e. The highest BCUT2D eigenvalue weighted by Gasteiger charge is 2.30. The van der Waals surface area contributed by atoms with Gasteiger partial charge in [-0.05, 0) is 54.7 Å². The Labute approximate surface area is 137 Å². The van der Waals surface area contributed by atoms with E-state index in [0.717, 1.165) is 23.0 Å². The summed E-state index contributed by atoms with van der Waals surface area (Å²) in [6, 6.07) is 16.5. The number of benzene rings is 2. The lowest BCUT2D eigenvalue weighted by molar-refractivity contribution is 0.374. The minimum absolute atomic E-state index is 0.407. The van der Waals surface area contributed by atoms with Crippen LogP contribution in [0.3, 0.4) is 0 Å². The van der Waals surface area contributed by atoms with E-state index in [1.807, 2.05) is 6.07 Å². The summed E-state index contributed by atoms with van der Waals surface area (Å²) in [7, 11) is 0. The van der Waals surface area contributed by atoms with Gasteiger partial charge in [0.15, 0.2) is 0 Å². The molecule has 4 heteroatoms. The predicted molar refractivity (Wildman–Crippen MR) is 89.7 cm³/mol. The standard InChI is InChI=1S/C17H14BrClN2/c18-14-4-1-11(2-5-14)13-7-16(8-13)21-17-9-15(19)6-3-12(17)10-20/h1-6,9,13,16,21H,7-8H2. The van der Waals surface area contributed by atoms with Crippen molar-refractivity contribution in [2.75, 3.05) is 5.32 Å². The summed E-state index contributed by atoms with van der Waals surface area (Å²) in [6.07, 6.45) is 2.16.